The molecule has 0 aromatic rings. The highest BCUT2D eigenvalue weighted by molar-refractivity contribution is 5.85. The Balaban J connectivity index is 1.89. The van der Waals surface area contributed by atoms with E-state index in [-0.39, 0.29) is 11.4 Å². The van der Waals surface area contributed by atoms with Crippen molar-refractivity contribution in [2.24, 2.45) is 5.92 Å². The third kappa shape index (κ3) is 3.95. The van der Waals surface area contributed by atoms with Crippen LogP contribution in [-0.2, 0) is 4.79 Å². The van der Waals surface area contributed by atoms with Gasteiger partial charge in [-0.2, -0.15) is 0 Å². The van der Waals surface area contributed by atoms with Gasteiger partial charge in [0.25, 0.3) is 0 Å². The Morgan fingerprint density at radius 2 is 1.85 bits per heavy atom. The fourth-order valence-corrected chi connectivity index (χ4v) is 3.36. The predicted octanol–water partition coefficient (Wildman–Crippen LogP) is 1.76. The highest BCUT2D eigenvalue weighted by Crippen LogP contribution is 2.23. The number of nitrogens with one attached hydrogen (secondary N) is 2. The normalized spacial score (nSPS) is 29.8. The average molecular weight is 281 g/mol. The minimum absolute atomic E-state index is 0.207. The summed E-state index contributed by atoms with van der Waals surface area (Å²) in [6, 6.07) is 0.384. The molecular weight excluding hydrogens is 250 g/mol. The lowest BCUT2D eigenvalue weighted by Gasteiger charge is -2.40. The summed E-state index contributed by atoms with van der Waals surface area (Å²) in [5.74, 6) is 1.03. The molecule has 1 amide bonds. The van der Waals surface area contributed by atoms with Gasteiger partial charge in [-0.1, -0.05) is 19.8 Å². The van der Waals surface area contributed by atoms with Crippen molar-refractivity contribution in [2.45, 2.75) is 64.5 Å². The Morgan fingerprint density at radius 3 is 2.55 bits per heavy atom. The van der Waals surface area contributed by atoms with Gasteiger partial charge in [0, 0.05) is 32.2 Å². The van der Waals surface area contributed by atoms with Crippen molar-refractivity contribution in [3.63, 3.8) is 0 Å². The average Bonchev–Trinajstić information content (AvgIpc) is 2.64. The maximum absolute atomic E-state index is 12.7. The first-order valence-electron chi connectivity index (χ1n) is 8.27. The molecule has 4 heteroatoms. The topological polar surface area (TPSA) is 44.4 Å². The number of amides is 1. The van der Waals surface area contributed by atoms with Crippen LogP contribution in [0.2, 0.25) is 0 Å². The number of carbonyl (C=O) groups is 1. The van der Waals surface area contributed by atoms with Crippen molar-refractivity contribution < 1.29 is 4.79 Å². The van der Waals surface area contributed by atoms with Gasteiger partial charge in [-0.15, -0.1) is 0 Å². The summed E-state index contributed by atoms with van der Waals surface area (Å²) in [7, 11) is 0. The van der Waals surface area contributed by atoms with Crippen LogP contribution in [0.5, 0.6) is 0 Å². The Bertz CT molecular complexity index is 324. The SMILES string of the molecule is CC1CCCC(NC(=O)C(C)(C)N2CCNCC2)CC1. The van der Waals surface area contributed by atoms with Gasteiger partial charge in [0.2, 0.25) is 5.91 Å². The largest absolute Gasteiger partial charge is 0.352 e. The zero-order valence-electron chi connectivity index (χ0n) is 13.4. The summed E-state index contributed by atoms with van der Waals surface area (Å²) in [5, 5.41) is 6.66. The van der Waals surface area contributed by atoms with Gasteiger partial charge in [-0.05, 0) is 39.0 Å². The molecule has 1 aliphatic carbocycles. The zero-order valence-corrected chi connectivity index (χ0v) is 13.4. The van der Waals surface area contributed by atoms with Crippen LogP contribution < -0.4 is 10.6 Å². The van der Waals surface area contributed by atoms with Gasteiger partial charge in [0.15, 0.2) is 0 Å². The molecule has 0 spiro atoms. The highest BCUT2D eigenvalue weighted by atomic mass is 16.2. The molecule has 1 saturated carbocycles. The maximum Gasteiger partial charge on any atom is 0.240 e. The molecule has 2 N–H and O–H groups in total. The molecule has 0 aromatic carbocycles. The minimum Gasteiger partial charge on any atom is -0.352 e. The standard InChI is InChI=1S/C16H31N3O/c1-13-5-4-6-14(8-7-13)18-15(20)16(2,3)19-11-9-17-10-12-19/h13-14,17H,4-12H2,1-3H3,(H,18,20). The molecule has 2 atom stereocenters. The number of piperazine rings is 1. The van der Waals surface area contributed by atoms with E-state index in [0.717, 1.165) is 44.9 Å². The summed E-state index contributed by atoms with van der Waals surface area (Å²) >= 11 is 0. The Kier molecular flexibility index (Phi) is 5.44. The van der Waals surface area contributed by atoms with Crippen molar-refractivity contribution >= 4 is 5.91 Å². The van der Waals surface area contributed by atoms with E-state index < -0.39 is 0 Å². The second-order valence-electron chi connectivity index (χ2n) is 7.08. The van der Waals surface area contributed by atoms with E-state index in [1.165, 1.54) is 19.3 Å². The number of nitrogens with zero attached hydrogens (tertiary/aromatic N) is 1. The summed E-state index contributed by atoms with van der Waals surface area (Å²) < 4.78 is 0. The summed E-state index contributed by atoms with van der Waals surface area (Å²) in [6.07, 6.45) is 6.10. The molecule has 0 bridgehead atoms. The van der Waals surface area contributed by atoms with Crippen LogP contribution in [0, 0.1) is 5.92 Å². The van der Waals surface area contributed by atoms with E-state index in [1.807, 2.05) is 0 Å². The molecule has 2 rings (SSSR count). The first-order valence-corrected chi connectivity index (χ1v) is 8.27. The van der Waals surface area contributed by atoms with Gasteiger partial charge in [-0.3, -0.25) is 9.69 Å². The van der Waals surface area contributed by atoms with E-state index in [4.69, 9.17) is 0 Å². The van der Waals surface area contributed by atoms with Crippen LogP contribution in [0.3, 0.4) is 0 Å². The second kappa shape index (κ2) is 6.90. The van der Waals surface area contributed by atoms with Crippen molar-refractivity contribution in [1.82, 2.24) is 15.5 Å². The predicted molar refractivity (Wildman–Crippen MR) is 82.7 cm³/mol. The van der Waals surface area contributed by atoms with Crippen molar-refractivity contribution in [2.75, 3.05) is 26.2 Å². The number of rotatable bonds is 3. The maximum atomic E-state index is 12.7. The minimum atomic E-state index is -0.389. The van der Waals surface area contributed by atoms with Gasteiger partial charge in [-0.25, -0.2) is 0 Å². The third-order valence-electron chi connectivity index (χ3n) is 5.06. The van der Waals surface area contributed by atoms with E-state index in [1.54, 1.807) is 0 Å². The summed E-state index contributed by atoms with van der Waals surface area (Å²) in [4.78, 5) is 15.0. The fourth-order valence-electron chi connectivity index (χ4n) is 3.36. The Labute approximate surface area is 123 Å². The molecule has 0 radical (unpaired) electrons. The number of carbonyl (C=O) groups excluding carboxylic acids is 1. The molecule has 1 aliphatic heterocycles. The fraction of sp³-hybridized carbons (Fsp3) is 0.938. The highest BCUT2D eigenvalue weighted by Gasteiger charge is 2.36. The second-order valence-corrected chi connectivity index (χ2v) is 7.08. The van der Waals surface area contributed by atoms with E-state index in [2.05, 4.69) is 36.3 Å². The zero-order chi connectivity index (χ0) is 14.6. The molecule has 1 saturated heterocycles. The lowest BCUT2D eigenvalue weighted by atomic mass is 9.98. The van der Waals surface area contributed by atoms with Crippen molar-refractivity contribution in [1.29, 1.82) is 0 Å². The number of hydrogen-bond acceptors (Lipinski definition) is 3. The van der Waals surface area contributed by atoms with Crippen LogP contribution in [-0.4, -0.2) is 48.6 Å². The quantitative estimate of drug-likeness (QED) is 0.775. The molecule has 1 heterocycles. The monoisotopic (exact) mass is 281 g/mol. The third-order valence-corrected chi connectivity index (χ3v) is 5.06. The molecule has 4 nitrogen and oxygen atoms in total. The summed E-state index contributed by atoms with van der Waals surface area (Å²) in [6.45, 7) is 10.3. The first-order chi connectivity index (χ1) is 9.50. The lowest BCUT2D eigenvalue weighted by Crippen LogP contribution is -2.61. The molecule has 2 unspecified atom stereocenters. The first kappa shape index (κ1) is 15.8. The Morgan fingerprint density at radius 1 is 1.15 bits per heavy atom. The van der Waals surface area contributed by atoms with Crippen LogP contribution in [0.25, 0.3) is 0 Å². The van der Waals surface area contributed by atoms with Crippen LogP contribution in [0.4, 0.5) is 0 Å². The Hall–Kier alpha value is -0.610. The molecule has 2 aliphatic rings. The molecule has 116 valence electrons. The lowest BCUT2D eigenvalue weighted by molar-refractivity contribution is -0.133. The van der Waals surface area contributed by atoms with E-state index >= 15 is 0 Å². The van der Waals surface area contributed by atoms with E-state index in [0.29, 0.717) is 6.04 Å². The van der Waals surface area contributed by atoms with Gasteiger partial charge >= 0.3 is 0 Å². The molecule has 0 aromatic heterocycles. The number of hydrogen-bond donors (Lipinski definition) is 2. The summed E-state index contributed by atoms with van der Waals surface area (Å²) in [5.41, 5.74) is -0.389. The molecule has 2 fully saturated rings. The van der Waals surface area contributed by atoms with Gasteiger partial charge in [0.05, 0.1) is 5.54 Å². The van der Waals surface area contributed by atoms with Crippen molar-refractivity contribution in [3.8, 4) is 0 Å². The van der Waals surface area contributed by atoms with Crippen LogP contribution >= 0.6 is 0 Å². The van der Waals surface area contributed by atoms with Crippen molar-refractivity contribution in [3.05, 3.63) is 0 Å². The van der Waals surface area contributed by atoms with Crippen LogP contribution in [0.15, 0.2) is 0 Å². The molecular formula is C16H31N3O. The smallest absolute Gasteiger partial charge is 0.240 e. The van der Waals surface area contributed by atoms with Crippen LogP contribution in [0.1, 0.15) is 52.9 Å². The van der Waals surface area contributed by atoms with E-state index in [9.17, 15) is 4.79 Å². The molecule has 20 heavy (non-hydrogen) atoms. The van der Waals surface area contributed by atoms with Gasteiger partial charge < -0.3 is 10.6 Å². The van der Waals surface area contributed by atoms with Gasteiger partial charge in [0.1, 0.15) is 0 Å².